The molecular weight excluding hydrogens is 805 g/mol. The number of rotatable bonds is 8. The van der Waals surface area contributed by atoms with E-state index in [0.29, 0.717) is 11.8 Å². The minimum absolute atomic E-state index is 0.390. The van der Waals surface area contributed by atoms with Crippen LogP contribution in [0.1, 0.15) is 50.7 Å². The van der Waals surface area contributed by atoms with E-state index < -0.39 is 0 Å². The number of nitrogens with zero attached hydrogens (tertiary/aromatic N) is 2. The van der Waals surface area contributed by atoms with Crippen molar-refractivity contribution in [2.24, 2.45) is 0 Å². The molecule has 1 aliphatic carbocycles. The van der Waals surface area contributed by atoms with Crippen LogP contribution in [-0.4, -0.2) is 0 Å². The average molecular weight is 851 g/mol. The van der Waals surface area contributed by atoms with Gasteiger partial charge in [0.15, 0.2) is 11.2 Å². The number of hydrogen-bond donors (Lipinski definition) is 0. The molecule has 1 aliphatic rings. The summed E-state index contributed by atoms with van der Waals surface area (Å²) in [6.45, 7) is 9.01. The summed E-state index contributed by atoms with van der Waals surface area (Å²) >= 11 is 0. The predicted octanol–water partition coefficient (Wildman–Crippen LogP) is 18.6. The summed E-state index contributed by atoms with van der Waals surface area (Å²) in [4.78, 5) is 4.74. The highest BCUT2D eigenvalue weighted by Crippen LogP contribution is 2.52. The van der Waals surface area contributed by atoms with Crippen LogP contribution in [0, 0.1) is 0 Å². The van der Waals surface area contributed by atoms with Crippen molar-refractivity contribution in [3.8, 4) is 22.3 Å². The molecule has 0 atom stereocenters. The fourth-order valence-corrected chi connectivity index (χ4v) is 10.4. The van der Waals surface area contributed by atoms with E-state index in [-0.39, 0.29) is 0 Å². The van der Waals surface area contributed by atoms with Gasteiger partial charge in [0.25, 0.3) is 0 Å². The fraction of sp³-hybridized carbons (Fsp3) is 0.0968. The van der Waals surface area contributed by atoms with E-state index >= 15 is 0 Å². The SMILES string of the molecule is CC(C)c1cccc(N(c2ccc3cc4c(cc3c2)-c2cc3cc(N(c5cccc(C(C)C)c5)c5cccc6c5oc5ccccc56)ccc3cc2-4)c2cccc3c2oc2ccccc23)c1. The lowest BCUT2D eigenvalue weighted by Gasteiger charge is -2.29. The Morgan fingerprint density at radius 3 is 1.14 bits per heavy atom. The second-order valence-electron chi connectivity index (χ2n) is 18.5. The molecule has 0 amide bonds. The Hall–Kier alpha value is -8.08. The number of para-hydroxylation sites is 4. The van der Waals surface area contributed by atoms with E-state index in [1.165, 1.54) is 54.9 Å². The van der Waals surface area contributed by atoms with Crippen molar-refractivity contribution in [3.63, 3.8) is 0 Å². The van der Waals surface area contributed by atoms with Gasteiger partial charge in [-0.15, -0.1) is 0 Å². The van der Waals surface area contributed by atoms with E-state index in [1.807, 2.05) is 12.1 Å². The van der Waals surface area contributed by atoms with Crippen LogP contribution in [0.25, 0.3) is 87.7 Å². The zero-order valence-corrected chi connectivity index (χ0v) is 37.3. The minimum atomic E-state index is 0.390. The van der Waals surface area contributed by atoms with Gasteiger partial charge in [0.2, 0.25) is 0 Å². The lowest BCUT2D eigenvalue weighted by Crippen LogP contribution is -2.11. The van der Waals surface area contributed by atoms with Gasteiger partial charge in [-0.3, -0.25) is 0 Å². The van der Waals surface area contributed by atoms with Crippen LogP contribution >= 0.6 is 0 Å². The quantitative estimate of drug-likeness (QED) is 0.152. The van der Waals surface area contributed by atoms with E-state index in [2.05, 4.69) is 219 Å². The molecule has 10 aromatic carbocycles. The zero-order valence-electron chi connectivity index (χ0n) is 37.3. The number of hydrogen-bond acceptors (Lipinski definition) is 4. The Kier molecular flexibility index (Phi) is 8.57. The molecule has 0 spiro atoms. The van der Waals surface area contributed by atoms with E-state index in [0.717, 1.165) is 78.0 Å². The minimum Gasteiger partial charge on any atom is -0.454 e. The molecular formula is C62H46N2O2. The van der Waals surface area contributed by atoms with Crippen LogP contribution < -0.4 is 9.80 Å². The van der Waals surface area contributed by atoms with Crippen LogP contribution in [0.2, 0.25) is 0 Å². The highest BCUT2D eigenvalue weighted by atomic mass is 16.3. The summed E-state index contributed by atoms with van der Waals surface area (Å²) in [7, 11) is 0. The molecule has 2 heterocycles. The van der Waals surface area contributed by atoms with E-state index in [1.54, 1.807) is 0 Å². The van der Waals surface area contributed by atoms with Gasteiger partial charge < -0.3 is 18.6 Å². The van der Waals surface area contributed by atoms with E-state index in [4.69, 9.17) is 8.83 Å². The van der Waals surface area contributed by atoms with E-state index in [9.17, 15) is 0 Å². The summed E-state index contributed by atoms with van der Waals surface area (Å²) < 4.78 is 13.3. The van der Waals surface area contributed by atoms with Gasteiger partial charge in [0, 0.05) is 44.3 Å². The number of fused-ring (bicyclic) bond motifs is 12. The number of anilines is 6. The summed E-state index contributed by atoms with van der Waals surface area (Å²) in [6, 6.07) is 70.8. The molecule has 0 bridgehead atoms. The molecule has 0 radical (unpaired) electrons. The largest absolute Gasteiger partial charge is 0.454 e. The van der Waals surface area contributed by atoms with Crippen molar-refractivity contribution in [1.29, 1.82) is 0 Å². The molecule has 0 saturated heterocycles. The maximum atomic E-state index is 6.66. The monoisotopic (exact) mass is 850 g/mol. The summed E-state index contributed by atoms with van der Waals surface area (Å²) in [6.07, 6.45) is 0. The van der Waals surface area contributed by atoms with Crippen LogP contribution in [0.4, 0.5) is 34.1 Å². The molecule has 0 N–H and O–H groups in total. The van der Waals surface area contributed by atoms with Gasteiger partial charge in [0.05, 0.1) is 11.4 Å². The normalized spacial score (nSPS) is 12.2. The number of furan rings is 2. The van der Waals surface area contributed by atoms with Crippen LogP contribution in [0.5, 0.6) is 0 Å². The summed E-state index contributed by atoms with van der Waals surface area (Å²) in [5.41, 5.74) is 17.7. The van der Waals surface area contributed by atoms with Gasteiger partial charge in [-0.2, -0.15) is 0 Å². The third-order valence-electron chi connectivity index (χ3n) is 13.9. The Labute approximate surface area is 383 Å². The average Bonchev–Trinajstić information content (AvgIpc) is 3.93. The lowest BCUT2D eigenvalue weighted by atomic mass is 9.78. The third kappa shape index (κ3) is 5.98. The van der Waals surface area contributed by atoms with Gasteiger partial charge in [-0.05, 0) is 164 Å². The van der Waals surface area contributed by atoms with Gasteiger partial charge >= 0.3 is 0 Å². The number of benzene rings is 10. The highest BCUT2D eigenvalue weighted by Gasteiger charge is 2.27. The molecule has 0 unspecified atom stereocenters. The van der Waals surface area contributed by atoms with Crippen LogP contribution in [0.3, 0.4) is 0 Å². The lowest BCUT2D eigenvalue weighted by molar-refractivity contribution is 0.668. The molecule has 0 saturated carbocycles. The predicted molar refractivity (Wildman–Crippen MR) is 278 cm³/mol. The van der Waals surface area contributed by atoms with Crippen molar-refractivity contribution < 1.29 is 8.83 Å². The molecule has 12 aromatic rings. The van der Waals surface area contributed by atoms with Crippen molar-refractivity contribution >= 4 is 99.5 Å². The first-order chi connectivity index (χ1) is 32.3. The molecule has 13 rings (SSSR count). The second kappa shape index (κ2) is 14.7. The van der Waals surface area contributed by atoms with Gasteiger partial charge in [-0.1, -0.05) is 125 Å². The topological polar surface area (TPSA) is 32.8 Å². The summed E-state index contributed by atoms with van der Waals surface area (Å²) in [5.74, 6) is 0.781. The molecule has 0 aliphatic heterocycles. The Morgan fingerprint density at radius 1 is 0.318 bits per heavy atom. The second-order valence-corrected chi connectivity index (χ2v) is 18.5. The van der Waals surface area contributed by atoms with Crippen LogP contribution in [-0.2, 0) is 0 Å². The van der Waals surface area contributed by atoms with Crippen molar-refractivity contribution in [3.05, 3.63) is 205 Å². The Morgan fingerprint density at radius 2 is 0.697 bits per heavy atom. The standard InChI is InChI=1S/C62H46N2O2/c1-37(2)39-13-9-15-45(29-39)63(57-21-11-19-51-49-17-5-7-23-59(49)65-61(51)57)47-27-25-41-33-53-54-34-42-26-28-48(32-44(42)36-56(54)55(53)35-43(41)31-47)64(46-16-10-14-40(30-46)38(3)4)58-22-12-20-52-50-18-6-8-24-60(50)66-62(52)58/h5-38H,1-4H3. The molecule has 4 heteroatoms. The summed E-state index contributed by atoms with van der Waals surface area (Å²) in [5, 5.41) is 9.30. The molecule has 2 aromatic heterocycles. The van der Waals surface area contributed by atoms with Crippen LogP contribution in [0.15, 0.2) is 203 Å². The smallest absolute Gasteiger partial charge is 0.159 e. The highest BCUT2D eigenvalue weighted by molar-refractivity contribution is 6.14. The molecule has 316 valence electrons. The first kappa shape index (κ1) is 38.4. The first-order valence-corrected chi connectivity index (χ1v) is 23.1. The van der Waals surface area contributed by atoms with Gasteiger partial charge in [0.1, 0.15) is 11.2 Å². The third-order valence-corrected chi connectivity index (χ3v) is 13.9. The van der Waals surface area contributed by atoms with Crippen molar-refractivity contribution in [1.82, 2.24) is 0 Å². The zero-order chi connectivity index (χ0) is 44.2. The van der Waals surface area contributed by atoms with Crippen molar-refractivity contribution in [2.75, 3.05) is 9.80 Å². The first-order valence-electron chi connectivity index (χ1n) is 23.1. The van der Waals surface area contributed by atoms with Crippen molar-refractivity contribution in [2.45, 2.75) is 39.5 Å². The maximum Gasteiger partial charge on any atom is 0.159 e. The molecule has 0 fully saturated rings. The molecule has 66 heavy (non-hydrogen) atoms. The van der Waals surface area contributed by atoms with Gasteiger partial charge in [-0.25, -0.2) is 0 Å². The fourth-order valence-electron chi connectivity index (χ4n) is 10.4. The Bertz CT molecular complexity index is 3670. The maximum absolute atomic E-state index is 6.66. The molecule has 4 nitrogen and oxygen atoms in total. The Balaban J connectivity index is 0.938.